The molecule has 13 aromatic rings. The van der Waals surface area contributed by atoms with Crippen LogP contribution in [0, 0.1) is 0 Å². The molecule has 0 atom stereocenters. The molecular weight excluding hydrogens is 773 g/mol. The predicted molar refractivity (Wildman–Crippen MR) is 255 cm³/mol. The molecule has 0 bridgehead atoms. The zero-order valence-corrected chi connectivity index (χ0v) is 33.7. The third kappa shape index (κ3) is 5.60. The lowest BCUT2D eigenvalue weighted by Gasteiger charge is -2.13. The van der Waals surface area contributed by atoms with Crippen molar-refractivity contribution in [1.82, 2.24) is 29.1 Å². The van der Waals surface area contributed by atoms with E-state index in [-0.39, 0.29) is 0 Å². The third-order valence-electron chi connectivity index (χ3n) is 12.2. The van der Waals surface area contributed by atoms with Crippen molar-refractivity contribution in [2.45, 2.75) is 0 Å². The predicted octanol–water partition coefficient (Wildman–Crippen LogP) is 14.0. The maximum absolute atomic E-state index is 6.33. The number of fused-ring (bicyclic) bond motifs is 10. The molecule has 0 aliphatic heterocycles. The Hall–Kier alpha value is -8.68. The number of aromatic nitrogens is 6. The Morgan fingerprint density at radius 1 is 0.317 bits per heavy atom. The zero-order valence-electron chi connectivity index (χ0n) is 33.7. The lowest BCUT2D eigenvalue weighted by Crippen LogP contribution is -2.06. The summed E-state index contributed by atoms with van der Waals surface area (Å²) in [7, 11) is 0. The van der Waals surface area contributed by atoms with Crippen LogP contribution in [0.3, 0.4) is 0 Å². The van der Waals surface area contributed by atoms with Gasteiger partial charge in [-0.25, -0.2) is 9.97 Å². The van der Waals surface area contributed by atoms with Crippen molar-refractivity contribution in [3.05, 3.63) is 206 Å². The molecule has 0 amide bonds. The smallest absolute Gasteiger partial charge is 0.238 e. The lowest BCUT2D eigenvalue weighted by molar-refractivity contribution is 0.669. The van der Waals surface area contributed by atoms with Gasteiger partial charge in [0.1, 0.15) is 17.0 Å². The van der Waals surface area contributed by atoms with Crippen molar-refractivity contribution in [2.24, 2.45) is 0 Å². The second-order valence-corrected chi connectivity index (χ2v) is 15.8. The summed E-state index contributed by atoms with van der Waals surface area (Å²) < 4.78 is 10.8. The van der Waals surface area contributed by atoms with Gasteiger partial charge in [0.2, 0.25) is 5.95 Å². The fraction of sp³-hybridized carbons (Fsp3) is 0. The first-order valence-electron chi connectivity index (χ1n) is 21.1. The van der Waals surface area contributed by atoms with E-state index >= 15 is 0 Å². The van der Waals surface area contributed by atoms with Crippen LogP contribution in [-0.2, 0) is 0 Å². The first-order chi connectivity index (χ1) is 31.2. The molecular formula is C56H34N6O. The molecule has 0 saturated heterocycles. The van der Waals surface area contributed by atoms with Crippen LogP contribution in [0.1, 0.15) is 0 Å². The topological polar surface area (TPSA) is 74.6 Å². The number of hydrogen-bond acceptors (Lipinski definition) is 5. The first kappa shape index (κ1) is 35.1. The Balaban J connectivity index is 1.08. The van der Waals surface area contributed by atoms with Crippen LogP contribution in [0.2, 0.25) is 0 Å². The standard InChI is InChI=1S/C56H34N6O/c1-4-16-35(17-5-1)39-32-44(36-18-6-2-7-19-36)57-51(34-39)61-45-25-13-10-23-42(45)52-47(61)30-31-48-53(52)43-24-11-14-26-46(43)62(48)56-59-54(37-20-8-3-9-21-37)58-55(60-56)38-28-29-41-40-22-12-15-27-49(40)63-50(41)33-38/h1-34H. The summed E-state index contributed by atoms with van der Waals surface area (Å²) in [4.78, 5) is 21.0. The summed E-state index contributed by atoms with van der Waals surface area (Å²) >= 11 is 0. The Bertz CT molecular complexity index is 3850. The van der Waals surface area contributed by atoms with E-state index in [1.54, 1.807) is 0 Å². The molecule has 294 valence electrons. The molecule has 13 rings (SSSR count). The van der Waals surface area contributed by atoms with Gasteiger partial charge in [-0.1, -0.05) is 152 Å². The number of hydrogen-bond donors (Lipinski definition) is 0. The number of furan rings is 1. The number of para-hydroxylation sites is 3. The molecule has 0 fully saturated rings. The SMILES string of the molecule is c1ccc(-c2cc(-c3ccccc3)nc(-n3c4ccccc4c4c5c6ccccc6n(-c6nc(-c7ccccc7)nc(-c7ccc8c(c7)oc7ccccc78)n6)c5ccc43)c2)cc1. The Morgan fingerprint density at radius 2 is 0.857 bits per heavy atom. The highest BCUT2D eigenvalue weighted by atomic mass is 16.3. The molecule has 0 N–H and O–H groups in total. The molecule has 0 spiro atoms. The number of nitrogens with zero attached hydrogens (tertiary/aromatic N) is 6. The summed E-state index contributed by atoms with van der Waals surface area (Å²) in [6.45, 7) is 0. The van der Waals surface area contributed by atoms with Gasteiger partial charge in [-0.2, -0.15) is 9.97 Å². The number of rotatable bonds is 6. The van der Waals surface area contributed by atoms with Crippen molar-refractivity contribution >= 4 is 65.6 Å². The quantitative estimate of drug-likeness (QED) is 0.167. The highest BCUT2D eigenvalue weighted by Gasteiger charge is 2.24. The van der Waals surface area contributed by atoms with Crippen molar-refractivity contribution < 1.29 is 4.42 Å². The van der Waals surface area contributed by atoms with Gasteiger partial charge in [-0.15, -0.1) is 0 Å². The van der Waals surface area contributed by atoms with E-state index in [1.807, 2.05) is 60.7 Å². The molecule has 7 heteroatoms. The Kier molecular flexibility index (Phi) is 7.77. The molecule has 7 nitrogen and oxygen atoms in total. The minimum absolute atomic E-state index is 0.530. The monoisotopic (exact) mass is 806 g/mol. The molecule has 8 aromatic carbocycles. The van der Waals surface area contributed by atoms with Crippen LogP contribution in [-0.4, -0.2) is 29.1 Å². The van der Waals surface area contributed by atoms with Gasteiger partial charge in [0.05, 0.1) is 27.8 Å². The van der Waals surface area contributed by atoms with E-state index in [4.69, 9.17) is 24.4 Å². The Morgan fingerprint density at radius 3 is 1.56 bits per heavy atom. The summed E-state index contributed by atoms with van der Waals surface area (Å²) in [5.41, 5.74) is 11.7. The molecule has 5 heterocycles. The lowest BCUT2D eigenvalue weighted by atomic mass is 10.0. The highest BCUT2D eigenvalue weighted by molar-refractivity contribution is 6.28. The van der Waals surface area contributed by atoms with Crippen LogP contribution in [0.5, 0.6) is 0 Å². The number of pyridine rings is 1. The van der Waals surface area contributed by atoms with Crippen molar-refractivity contribution in [3.8, 4) is 56.9 Å². The van der Waals surface area contributed by atoms with Crippen LogP contribution >= 0.6 is 0 Å². The van der Waals surface area contributed by atoms with Crippen LogP contribution in [0.15, 0.2) is 211 Å². The minimum Gasteiger partial charge on any atom is -0.456 e. The van der Waals surface area contributed by atoms with Gasteiger partial charge in [0.15, 0.2) is 11.6 Å². The summed E-state index contributed by atoms with van der Waals surface area (Å²) in [6.07, 6.45) is 0. The van der Waals surface area contributed by atoms with E-state index in [0.29, 0.717) is 17.6 Å². The van der Waals surface area contributed by atoms with E-state index in [0.717, 1.165) is 105 Å². The minimum atomic E-state index is 0.530. The normalized spacial score (nSPS) is 11.8. The first-order valence-corrected chi connectivity index (χ1v) is 21.1. The van der Waals surface area contributed by atoms with Gasteiger partial charge in [0, 0.05) is 49.0 Å². The second kappa shape index (κ2) is 13.9. The fourth-order valence-corrected chi connectivity index (χ4v) is 9.34. The van der Waals surface area contributed by atoms with Crippen molar-refractivity contribution in [1.29, 1.82) is 0 Å². The average molecular weight is 807 g/mol. The number of benzene rings is 8. The Labute approximate surface area is 360 Å². The molecule has 5 aromatic heterocycles. The van der Waals surface area contributed by atoms with Crippen LogP contribution in [0.25, 0.3) is 122 Å². The summed E-state index contributed by atoms with van der Waals surface area (Å²) in [5.74, 6) is 2.52. The summed E-state index contributed by atoms with van der Waals surface area (Å²) in [5, 5.41) is 6.62. The van der Waals surface area contributed by atoms with Gasteiger partial charge >= 0.3 is 0 Å². The van der Waals surface area contributed by atoms with E-state index in [9.17, 15) is 0 Å². The largest absolute Gasteiger partial charge is 0.456 e. The molecule has 0 radical (unpaired) electrons. The van der Waals surface area contributed by atoms with E-state index in [1.165, 1.54) is 0 Å². The molecule has 0 aliphatic carbocycles. The highest BCUT2D eigenvalue weighted by Crippen LogP contribution is 2.43. The second-order valence-electron chi connectivity index (χ2n) is 15.8. The molecule has 0 unspecified atom stereocenters. The maximum Gasteiger partial charge on any atom is 0.238 e. The molecule has 63 heavy (non-hydrogen) atoms. The van der Waals surface area contributed by atoms with Gasteiger partial charge < -0.3 is 4.42 Å². The average Bonchev–Trinajstić information content (AvgIpc) is 4.02. The fourth-order valence-electron chi connectivity index (χ4n) is 9.34. The van der Waals surface area contributed by atoms with E-state index < -0.39 is 0 Å². The molecule has 0 aliphatic rings. The van der Waals surface area contributed by atoms with Crippen molar-refractivity contribution in [3.63, 3.8) is 0 Å². The van der Waals surface area contributed by atoms with Gasteiger partial charge in [-0.05, 0) is 65.7 Å². The van der Waals surface area contributed by atoms with Crippen molar-refractivity contribution in [2.75, 3.05) is 0 Å². The maximum atomic E-state index is 6.33. The van der Waals surface area contributed by atoms with Gasteiger partial charge in [0.25, 0.3) is 0 Å². The van der Waals surface area contributed by atoms with E-state index in [2.05, 4.69) is 155 Å². The third-order valence-corrected chi connectivity index (χ3v) is 12.2. The van der Waals surface area contributed by atoms with Crippen LogP contribution < -0.4 is 0 Å². The van der Waals surface area contributed by atoms with Crippen LogP contribution in [0.4, 0.5) is 0 Å². The summed E-state index contributed by atoms with van der Waals surface area (Å²) in [6, 6.07) is 71.4. The molecule has 0 saturated carbocycles. The van der Waals surface area contributed by atoms with Gasteiger partial charge in [-0.3, -0.25) is 9.13 Å². The zero-order chi connectivity index (χ0) is 41.4.